The minimum absolute atomic E-state index is 0.0795. The van der Waals surface area contributed by atoms with E-state index in [9.17, 15) is 26.4 Å². The van der Waals surface area contributed by atoms with E-state index in [-0.39, 0.29) is 18.4 Å². The number of hydrogen-bond acceptors (Lipinski definition) is 6. The number of carbonyl (C=O) groups excluding carboxylic acids is 1. The number of ether oxygens (including phenoxy) is 2. The van der Waals surface area contributed by atoms with E-state index in [4.69, 9.17) is 9.47 Å². The second kappa shape index (κ2) is 9.23. The Labute approximate surface area is 156 Å². The lowest BCUT2D eigenvalue weighted by Gasteiger charge is -2.17. The van der Waals surface area contributed by atoms with Crippen LogP contribution in [-0.2, 0) is 37.2 Å². The maximum atomic E-state index is 12.5. The predicted molar refractivity (Wildman–Crippen MR) is 91.4 cm³/mol. The molecule has 0 saturated heterocycles. The van der Waals surface area contributed by atoms with Crippen molar-refractivity contribution < 1.29 is 40.0 Å². The van der Waals surface area contributed by atoms with Gasteiger partial charge in [-0.1, -0.05) is 25.1 Å². The van der Waals surface area contributed by atoms with Crippen molar-refractivity contribution in [3.05, 3.63) is 42.0 Å². The first-order chi connectivity index (χ1) is 12.4. The van der Waals surface area contributed by atoms with Crippen LogP contribution in [0.25, 0.3) is 0 Å². The topological polar surface area (TPSA) is 78.9 Å². The van der Waals surface area contributed by atoms with Crippen molar-refractivity contribution >= 4 is 16.1 Å². The van der Waals surface area contributed by atoms with E-state index in [2.05, 4.69) is 10.8 Å². The summed E-state index contributed by atoms with van der Waals surface area (Å²) in [7, 11) is -4.39. The number of halogens is 3. The lowest BCUT2D eigenvalue weighted by atomic mass is 9.98. The van der Waals surface area contributed by atoms with Gasteiger partial charge in [0, 0.05) is 7.11 Å². The van der Waals surface area contributed by atoms with Crippen LogP contribution in [0.1, 0.15) is 25.0 Å². The summed E-state index contributed by atoms with van der Waals surface area (Å²) >= 11 is 0. The molecule has 0 amide bonds. The van der Waals surface area contributed by atoms with Gasteiger partial charge in [-0.15, -0.1) is 6.58 Å². The predicted octanol–water partition coefficient (Wildman–Crippen LogP) is 3.36. The molecule has 0 saturated carbocycles. The van der Waals surface area contributed by atoms with Crippen molar-refractivity contribution in [1.82, 2.24) is 0 Å². The zero-order valence-electron chi connectivity index (χ0n) is 15.1. The van der Waals surface area contributed by atoms with E-state index in [0.717, 1.165) is 6.07 Å². The Morgan fingerprint density at radius 2 is 1.93 bits per heavy atom. The van der Waals surface area contributed by atoms with Crippen LogP contribution in [0.2, 0.25) is 0 Å². The average Bonchev–Trinajstić information content (AvgIpc) is 2.56. The zero-order chi connectivity index (χ0) is 20.8. The Balaban J connectivity index is 3.02. The number of carbonyl (C=O) groups is 1. The van der Waals surface area contributed by atoms with Crippen molar-refractivity contribution in [3.63, 3.8) is 0 Å². The third-order valence-corrected chi connectivity index (χ3v) is 4.50. The number of esters is 1. The molecule has 0 aliphatic carbocycles. The zero-order valence-corrected chi connectivity index (χ0v) is 15.9. The number of allylic oxidation sites excluding steroid dienone is 1. The van der Waals surface area contributed by atoms with Gasteiger partial charge < -0.3 is 13.7 Å². The van der Waals surface area contributed by atoms with E-state index in [1.165, 1.54) is 25.3 Å². The summed E-state index contributed by atoms with van der Waals surface area (Å²) in [5.74, 6) is -1.50. The van der Waals surface area contributed by atoms with Gasteiger partial charge in [0.05, 0.1) is 5.92 Å². The minimum atomic E-state index is -5.78. The Hall–Kier alpha value is -2.07. The normalized spacial score (nSPS) is 14.3. The molecule has 152 valence electrons. The number of hydrogen-bond donors (Lipinski definition) is 0. The van der Waals surface area contributed by atoms with Gasteiger partial charge in [-0.25, -0.2) is 0 Å². The van der Waals surface area contributed by atoms with E-state index < -0.39 is 39.6 Å². The Morgan fingerprint density at radius 1 is 1.30 bits per heavy atom. The summed E-state index contributed by atoms with van der Waals surface area (Å²) in [6.07, 6.45) is 0.992. The molecule has 2 unspecified atom stereocenters. The van der Waals surface area contributed by atoms with Gasteiger partial charge in [0.25, 0.3) is 0 Å². The van der Waals surface area contributed by atoms with E-state index >= 15 is 0 Å². The van der Waals surface area contributed by atoms with Crippen molar-refractivity contribution in [2.45, 2.75) is 38.5 Å². The molecule has 10 heteroatoms. The van der Waals surface area contributed by atoms with Gasteiger partial charge in [0.1, 0.15) is 5.75 Å². The monoisotopic (exact) mass is 410 g/mol. The minimum Gasteiger partial charge on any atom is -0.436 e. The van der Waals surface area contributed by atoms with Gasteiger partial charge in [0.2, 0.25) is 0 Å². The second-order valence-electron chi connectivity index (χ2n) is 5.76. The molecule has 6 nitrogen and oxygen atoms in total. The van der Waals surface area contributed by atoms with Gasteiger partial charge >= 0.3 is 21.6 Å². The van der Waals surface area contributed by atoms with Gasteiger partial charge in [-0.2, -0.15) is 21.6 Å². The first-order valence-corrected chi connectivity index (χ1v) is 9.28. The molecular formula is C17H21F3O6S. The average molecular weight is 410 g/mol. The summed E-state index contributed by atoms with van der Waals surface area (Å²) in [5, 5.41) is 0. The Bertz CT molecular complexity index is 773. The van der Waals surface area contributed by atoms with Crippen LogP contribution in [0.15, 0.2) is 30.9 Å². The third kappa shape index (κ3) is 6.55. The van der Waals surface area contributed by atoms with Crippen molar-refractivity contribution in [3.8, 4) is 5.75 Å². The summed E-state index contributed by atoms with van der Waals surface area (Å²) in [4.78, 5) is 11.9. The molecule has 0 aromatic heterocycles. The van der Waals surface area contributed by atoms with Gasteiger partial charge in [0.15, 0.2) is 6.29 Å². The number of rotatable bonds is 9. The molecule has 1 aromatic rings. The maximum Gasteiger partial charge on any atom is 0.534 e. The molecule has 0 aliphatic heterocycles. The molecule has 1 rings (SSSR count). The highest BCUT2D eigenvalue weighted by molar-refractivity contribution is 7.88. The quantitative estimate of drug-likeness (QED) is 0.204. The molecule has 0 heterocycles. The van der Waals surface area contributed by atoms with Crippen LogP contribution in [0.4, 0.5) is 13.2 Å². The van der Waals surface area contributed by atoms with E-state index in [1.54, 1.807) is 13.8 Å². The van der Waals surface area contributed by atoms with Gasteiger partial charge in [-0.05, 0) is 37.0 Å². The van der Waals surface area contributed by atoms with Gasteiger partial charge in [-0.3, -0.25) is 4.79 Å². The molecule has 0 fully saturated rings. The molecule has 0 spiro atoms. The molecule has 0 aliphatic rings. The lowest BCUT2D eigenvalue weighted by molar-refractivity contribution is -0.174. The van der Waals surface area contributed by atoms with E-state index in [1.807, 2.05) is 0 Å². The molecule has 2 atom stereocenters. The van der Waals surface area contributed by atoms with Crippen LogP contribution in [0.3, 0.4) is 0 Å². The third-order valence-electron chi connectivity index (χ3n) is 3.53. The first kappa shape index (κ1) is 23.0. The summed E-state index contributed by atoms with van der Waals surface area (Å²) < 4.78 is 74.1. The Morgan fingerprint density at radius 3 is 2.44 bits per heavy atom. The maximum absolute atomic E-state index is 12.5. The van der Waals surface area contributed by atoms with Crippen LogP contribution >= 0.6 is 0 Å². The van der Waals surface area contributed by atoms with Crippen molar-refractivity contribution in [1.29, 1.82) is 0 Å². The first-order valence-electron chi connectivity index (χ1n) is 7.88. The highest BCUT2D eigenvalue weighted by Crippen LogP contribution is 2.30. The van der Waals surface area contributed by atoms with Crippen LogP contribution in [-0.4, -0.2) is 33.3 Å². The smallest absolute Gasteiger partial charge is 0.436 e. The molecule has 0 radical (unpaired) electrons. The SMILES string of the molecule is C=CCc1cc(CC(C)C(=O)OC(C)OC)ccc1OS(=O)(=O)C(F)(F)F. The van der Waals surface area contributed by atoms with Crippen LogP contribution in [0, 0.1) is 5.92 Å². The number of benzene rings is 1. The molecule has 0 bridgehead atoms. The molecule has 0 N–H and O–H groups in total. The fourth-order valence-corrected chi connectivity index (χ4v) is 2.58. The summed E-state index contributed by atoms with van der Waals surface area (Å²) in [5.41, 5.74) is -4.74. The second-order valence-corrected chi connectivity index (χ2v) is 7.30. The standard InChI is InChI=1S/C17H21F3O6S/c1-5-6-14-10-13(9-11(2)16(21)25-12(3)24-4)7-8-15(14)26-27(22,23)17(18,19)20/h5,7-8,10-12H,1,6,9H2,2-4H3. The fourth-order valence-electron chi connectivity index (χ4n) is 2.09. The molecule has 1 aromatic carbocycles. The number of alkyl halides is 3. The van der Waals surface area contributed by atoms with Crippen molar-refractivity contribution in [2.75, 3.05) is 7.11 Å². The fraction of sp³-hybridized carbons (Fsp3) is 0.471. The summed E-state index contributed by atoms with van der Waals surface area (Å²) in [6, 6.07) is 3.97. The molecular weight excluding hydrogens is 389 g/mol. The number of methoxy groups -OCH3 is 1. The van der Waals surface area contributed by atoms with Crippen molar-refractivity contribution in [2.24, 2.45) is 5.92 Å². The lowest BCUT2D eigenvalue weighted by Crippen LogP contribution is -2.28. The molecule has 27 heavy (non-hydrogen) atoms. The Kier molecular flexibility index (Phi) is 7.85. The summed E-state index contributed by atoms with van der Waals surface area (Å²) in [6.45, 7) is 6.66. The van der Waals surface area contributed by atoms with Crippen LogP contribution in [0.5, 0.6) is 5.75 Å². The highest BCUT2D eigenvalue weighted by atomic mass is 32.2. The largest absolute Gasteiger partial charge is 0.534 e. The van der Waals surface area contributed by atoms with Crippen LogP contribution < -0.4 is 4.18 Å². The highest BCUT2D eigenvalue weighted by Gasteiger charge is 2.48. The van der Waals surface area contributed by atoms with E-state index in [0.29, 0.717) is 5.56 Å².